The zero-order valence-corrected chi connectivity index (χ0v) is 10.8. The summed E-state index contributed by atoms with van der Waals surface area (Å²) in [6.07, 6.45) is 2.11. The van der Waals surface area contributed by atoms with E-state index in [1.165, 1.54) is 6.07 Å². The number of hydrogen-bond donors (Lipinski definition) is 1. The summed E-state index contributed by atoms with van der Waals surface area (Å²) in [6, 6.07) is 6.61. The van der Waals surface area contributed by atoms with Crippen LogP contribution in [0.2, 0.25) is 0 Å². The molecule has 1 N–H and O–H groups in total. The van der Waals surface area contributed by atoms with Gasteiger partial charge in [-0.05, 0) is 32.0 Å². The molecule has 0 radical (unpaired) electrons. The number of halogens is 1. The van der Waals surface area contributed by atoms with Crippen LogP contribution in [0.25, 0.3) is 0 Å². The topological polar surface area (TPSA) is 56.1 Å². The van der Waals surface area contributed by atoms with E-state index in [1.54, 1.807) is 24.1 Å². The van der Waals surface area contributed by atoms with Gasteiger partial charge in [0.15, 0.2) is 0 Å². The summed E-state index contributed by atoms with van der Waals surface area (Å²) in [7, 11) is 1.77. The van der Waals surface area contributed by atoms with Gasteiger partial charge in [-0.15, -0.1) is 0 Å². The van der Waals surface area contributed by atoms with Gasteiger partial charge >= 0.3 is 0 Å². The van der Waals surface area contributed by atoms with Gasteiger partial charge in [-0.2, -0.15) is 5.26 Å². The SMILES string of the molecule is CN(CC(=O)NC1CC1)Cc1ccc(C#N)cc1F. The van der Waals surface area contributed by atoms with Gasteiger partial charge in [0.05, 0.1) is 18.2 Å². The molecule has 0 bridgehead atoms. The Balaban J connectivity index is 1.89. The number of carbonyl (C=O) groups excluding carboxylic acids is 1. The average Bonchev–Trinajstić information content (AvgIpc) is 3.15. The third-order valence-electron chi connectivity index (χ3n) is 2.98. The van der Waals surface area contributed by atoms with Gasteiger partial charge < -0.3 is 5.32 Å². The highest BCUT2D eigenvalue weighted by Crippen LogP contribution is 2.18. The van der Waals surface area contributed by atoms with Crippen molar-refractivity contribution in [3.8, 4) is 6.07 Å². The maximum Gasteiger partial charge on any atom is 0.234 e. The largest absolute Gasteiger partial charge is 0.352 e. The minimum absolute atomic E-state index is 0.0287. The third kappa shape index (κ3) is 4.04. The van der Waals surface area contributed by atoms with Crippen LogP contribution in [0, 0.1) is 17.1 Å². The summed E-state index contributed by atoms with van der Waals surface area (Å²) < 4.78 is 13.7. The summed E-state index contributed by atoms with van der Waals surface area (Å²) in [5, 5.41) is 11.5. The molecule has 5 heteroatoms. The Labute approximate surface area is 111 Å². The first-order valence-corrected chi connectivity index (χ1v) is 6.25. The van der Waals surface area contributed by atoms with Gasteiger partial charge in [0.2, 0.25) is 5.91 Å². The molecule has 0 saturated heterocycles. The van der Waals surface area contributed by atoms with Crippen molar-refractivity contribution < 1.29 is 9.18 Å². The molecule has 4 nitrogen and oxygen atoms in total. The van der Waals surface area contributed by atoms with Crippen LogP contribution >= 0.6 is 0 Å². The van der Waals surface area contributed by atoms with E-state index in [0.717, 1.165) is 12.8 Å². The average molecular weight is 261 g/mol. The summed E-state index contributed by atoms with van der Waals surface area (Å²) in [5.74, 6) is -0.437. The summed E-state index contributed by atoms with van der Waals surface area (Å²) >= 11 is 0. The van der Waals surface area contributed by atoms with E-state index in [4.69, 9.17) is 5.26 Å². The maximum atomic E-state index is 13.7. The molecule has 1 aromatic rings. The molecule has 0 atom stereocenters. The first-order chi connectivity index (χ1) is 9.08. The second-order valence-corrected chi connectivity index (χ2v) is 4.93. The minimum Gasteiger partial charge on any atom is -0.352 e. The number of hydrogen-bond acceptors (Lipinski definition) is 3. The van der Waals surface area contributed by atoms with Crippen molar-refractivity contribution in [2.24, 2.45) is 0 Å². The molecule has 2 rings (SSSR count). The number of benzene rings is 1. The summed E-state index contributed by atoms with van der Waals surface area (Å²) in [4.78, 5) is 13.3. The molecule has 100 valence electrons. The van der Waals surface area contributed by atoms with Gasteiger partial charge in [-0.3, -0.25) is 9.69 Å². The number of amides is 1. The molecule has 0 aliphatic heterocycles. The van der Waals surface area contributed by atoms with Gasteiger partial charge in [0, 0.05) is 18.2 Å². The molecule has 1 aliphatic rings. The molecule has 19 heavy (non-hydrogen) atoms. The lowest BCUT2D eigenvalue weighted by molar-refractivity contribution is -0.122. The minimum atomic E-state index is -0.409. The number of likely N-dealkylation sites (N-methyl/N-ethyl adjacent to an activating group) is 1. The van der Waals surface area contributed by atoms with E-state index < -0.39 is 5.82 Å². The Bertz CT molecular complexity index is 520. The quantitative estimate of drug-likeness (QED) is 0.872. The molecule has 1 aliphatic carbocycles. The van der Waals surface area contributed by atoms with E-state index in [2.05, 4.69) is 5.32 Å². The second kappa shape index (κ2) is 5.81. The van der Waals surface area contributed by atoms with Gasteiger partial charge in [0.25, 0.3) is 0 Å². The van der Waals surface area contributed by atoms with Crippen molar-refractivity contribution in [2.45, 2.75) is 25.4 Å². The monoisotopic (exact) mass is 261 g/mol. The molecular weight excluding hydrogens is 245 g/mol. The maximum absolute atomic E-state index is 13.7. The summed E-state index contributed by atoms with van der Waals surface area (Å²) in [5.41, 5.74) is 0.788. The Morgan fingerprint density at radius 2 is 2.32 bits per heavy atom. The van der Waals surface area contributed by atoms with Crippen molar-refractivity contribution in [3.63, 3.8) is 0 Å². The van der Waals surface area contributed by atoms with Gasteiger partial charge in [-0.25, -0.2) is 4.39 Å². The molecule has 1 aromatic carbocycles. The molecule has 0 unspecified atom stereocenters. The van der Waals surface area contributed by atoms with E-state index in [9.17, 15) is 9.18 Å². The van der Waals surface area contributed by atoms with Crippen LogP contribution in [-0.2, 0) is 11.3 Å². The van der Waals surface area contributed by atoms with E-state index >= 15 is 0 Å². The molecule has 0 spiro atoms. The van der Waals surface area contributed by atoms with Crippen LogP contribution in [0.15, 0.2) is 18.2 Å². The van der Waals surface area contributed by atoms with Crippen molar-refractivity contribution in [1.82, 2.24) is 10.2 Å². The van der Waals surface area contributed by atoms with Crippen molar-refractivity contribution in [1.29, 1.82) is 5.26 Å². The first kappa shape index (κ1) is 13.5. The highest BCUT2D eigenvalue weighted by atomic mass is 19.1. The Morgan fingerprint density at radius 1 is 1.58 bits per heavy atom. The number of nitrogens with one attached hydrogen (secondary N) is 1. The fraction of sp³-hybridized carbons (Fsp3) is 0.429. The molecule has 1 fully saturated rings. The van der Waals surface area contributed by atoms with Gasteiger partial charge in [-0.1, -0.05) is 6.07 Å². The number of rotatable bonds is 5. The lowest BCUT2D eigenvalue weighted by Gasteiger charge is -2.16. The highest BCUT2D eigenvalue weighted by Gasteiger charge is 2.23. The number of nitriles is 1. The number of nitrogens with zero attached hydrogens (tertiary/aromatic N) is 2. The summed E-state index contributed by atoms with van der Waals surface area (Å²) in [6.45, 7) is 0.589. The van der Waals surface area contributed by atoms with Crippen LogP contribution < -0.4 is 5.32 Å². The molecule has 0 aromatic heterocycles. The van der Waals surface area contributed by atoms with E-state index in [0.29, 0.717) is 23.7 Å². The zero-order chi connectivity index (χ0) is 13.8. The zero-order valence-electron chi connectivity index (χ0n) is 10.8. The third-order valence-corrected chi connectivity index (χ3v) is 2.98. The predicted octanol–water partition coefficient (Wildman–Crippen LogP) is 1.41. The molecule has 0 heterocycles. The van der Waals surface area contributed by atoms with Crippen LogP contribution in [0.5, 0.6) is 0 Å². The van der Waals surface area contributed by atoms with Crippen molar-refractivity contribution in [3.05, 3.63) is 35.1 Å². The standard InChI is InChI=1S/C14H16FN3O/c1-18(9-14(19)17-12-4-5-12)8-11-3-2-10(7-16)6-13(11)15/h2-3,6,12H,4-5,8-9H2,1H3,(H,17,19). The van der Waals surface area contributed by atoms with Crippen LogP contribution in [0.1, 0.15) is 24.0 Å². The normalized spacial score (nSPS) is 14.2. The van der Waals surface area contributed by atoms with Crippen LogP contribution in [0.4, 0.5) is 4.39 Å². The van der Waals surface area contributed by atoms with Crippen LogP contribution in [-0.4, -0.2) is 30.4 Å². The fourth-order valence-corrected chi connectivity index (χ4v) is 1.84. The predicted molar refractivity (Wildman–Crippen MR) is 68.6 cm³/mol. The first-order valence-electron chi connectivity index (χ1n) is 6.25. The molecule has 1 saturated carbocycles. The van der Waals surface area contributed by atoms with Crippen molar-refractivity contribution >= 4 is 5.91 Å². The lowest BCUT2D eigenvalue weighted by atomic mass is 10.1. The lowest BCUT2D eigenvalue weighted by Crippen LogP contribution is -2.36. The fourth-order valence-electron chi connectivity index (χ4n) is 1.84. The van der Waals surface area contributed by atoms with E-state index in [1.807, 2.05) is 6.07 Å². The van der Waals surface area contributed by atoms with Crippen LogP contribution in [0.3, 0.4) is 0 Å². The van der Waals surface area contributed by atoms with Gasteiger partial charge in [0.1, 0.15) is 5.82 Å². The smallest absolute Gasteiger partial charge is 0.234 e. The van der Waals surface area contributed by atoms with Crippen molar-refractivity contribution in [2.75, 3.05) is 13.6 Å². The molecular formula is C14H16FN3O. The molecule has 1 amide bonds. The van der Waals surface area contributed by atoms with E-state index in [-0.39, 0.29) is 12.5 Å². The Kier molecular flexibility index (Phi) is 4.13. The Morgan fingerprint density at radius 3 is 2.89 bits per heavy atom. The Hall–Kier alpha value is -1.93. The number of carbonyl (C=O) groups is 1. The second-order valence-electron chi connectivity index (χ2n) is 4.93. The highest BCUT2D eigenvalue weighted by molar-refractivity contribution is 5.78.